The fourth-order valence-electron chi connectivity index (χ4n) is 2.10. The molecule has 0 atom stereocenters. The second kappa shape index (κ2) is 6.96. The monoisotopic (exact) mass is 326 g/mol. The number of aromatic nitrogens is 2. The van der Waals surface area contributed by atoms with Gasteiger partial charge >= 0.3 is 0 Å². The van der Waals surface area contributed by atoms with Gasteiger partial charge in [0.25, 0.3) is 0 Å². The lowest BCUT2D eigenvalue weighted by Gasteiger charge is -2.08. The summed E-state index contributed by atoms with van der Waals surface area (Å²) in [5, 5.41) is 5.22. The SMILES string of the molecule is CCCn1ncc(OC)c1C(=O)Cc1ccc(Cl)cc1Cl. The molecule has 0 aliphatic carbocycles. The van der Waals surface area contributed by atoms with Crippen molar-refractivity contribution in [1.29, 1.82) is 0 Å². The summed E-state index contributed by atoms with van der Waals surface area (Å²) in [7, 11) is 1.53. The Labute approximate surface area is 133 Å². The van der Waals surface area contributed by atoms with Gasteiger partial charge in [0.2, 0.25) is 0 Å². The molecule has 0 aliphatic rings. The van der Waals surface area contributed by atoms with E-state index in [1.165, 1.54) is 7.11 Å². The van der Waals surface area contributed by atoms with Crippen LogP contribution in [0.2, 0.25) is 10.0 Å². The van der Waals surface area contributed by atoms with Crippen LogP contribution in [-0.4, -0.2) is 22.7 Å². The van der Waals surface area contributed by atoms with Crippen molar-refractivity contribution in [3.8, 4) is 5.75 Å². The van der Waals surface area contributed by atoms with Crippen LogP contribution in [0.3, 0.4) is 0 Å². The highest BCUT2D eigenvalue weighted by Crippen LogP contribution is 2.25. The minimum atomic E-state index is -0.0815. The zero-order valence-electron chi connectivity index (χ0n) is 11.9. The van der Waals surface area contributed by atoms with Gasteiger partial charge in [0.15, 0.2) is 11.5 Å². The van der Waals surface area contributed by atoms with Crippen LogP contribution in [0, 0.1) is 0 Å². The Morgan fingerprint density at radius 3 is 2.76 bits per heavy atom. The van der Waals surface area contributed by atoms with Gasteiger partial charge in [-0.2, -0.15) is 5.10 Å². The second-order valence-corrected chi connectivity index (χ2v) is 5.46. The first kappa shape index (κ1) is 15.9. The third-order valence-electron chi connectivity index (χ3n) is 3.09. The van der Waals surface area contributed by atoms with Crippen LogP contribution in [0.15, 0.2) is 24.4 Å². The molecule has 21 heavy (non-hydrogen) atoms. The lowest BCUT2D eigenvalue weighted by molar-refractivity contribution is 0.0979. The number of ether oxygens (including phenoxy) is 1. The molecule has 1 aromatic heterocycles. The van der Waals surface area contributed by atoms with Crippen molar-refractivity contribution in [2.24, 2.45) is 0 Å². The van der Waals surface area contributed by atoms with Crippen LogP contribution in [0.1, 0.15) is 29.4 Å². The van der Waals surface area contributed by atoms with E-state index in [2.05, 4.69) is 5.10 Å². The van der Waals surface area contributed by atoms with Gasteiger partial charge in [0.05, 0.1) is 13.3 Å². The number of rotatable bonds is 6. The number of methoxy groups -OCH3 is 1. The average Bonchev–Trinajstić information content (AvgIpc) is 2.85. The number of hydrogen-bond acceptors (Lipinski definition) is 3. The van der Waals surface area contributed by atoms with Gasteiger partial charge < -0.3 is 4.74 Å². The predicted octanol–water partition coefficient (Wildman–Crippen LogP) is 4.03. The molecule has 4 nitrogen and oxygen atoms in total. The molecule has 0 aliphatic heterocycles. The summed E-state index contributed by atoms with van der Waals surface area (Å²) in [6.45, 7) is 2.69. The van der Waals surface area contributed by atoms with Crippen molar-refractivity contribution in [1.82, 2.24) is 9.78 Å². The highest BCUT2D eigenvalue weighted by Gasteiger charge is 2.20. The van der Waals surface area contributed by atoms with E-state index < -0.39 is 0 Å². The molecule has 0 N–H and O–H groups in total. The predicted molar refractivity (Wildman–Crippen MR) is 83.6 cm³/mol. The molecule has 1 heterocycles. The molecule has 2 rings (SSSR count). The summed E-state index contributed by atoms with van der Waals surface area (Å²) in [4.78, 5) is 12.6. The van der Waals surface area contributed by atoms with Crippen molar-refractivity contribution in [2.75, 3.05) is 7.11 Å². The van der Waals surface area contributed by atoms with Crippen molar-refractivity contribution in [3.63, 3.8) is 0 Å². The summed E-state index contributed by atoms with van der Waals surface area (Å²) >= 11 is 12.0. The standard InChI is InChI=1S/C15H16Cl2N2O2/c1-3-6-19-15(14(21-2)9-18-19)13(20)7-10-4-5-11(16)8-12(10)17/h4-5,8-9H,3,6-7H2,1-2H3. The summed E-state index contributed by atoms with van der Waals surface area (Å²) in [6.07, 6.45) is 2.63. The van der Waals surface area contributed by atoms with Gasteiger partial charge in [0, 0.05) is 23.0 Å². The van der Waals surface area contributed by atoms with Gasteiger partial charge in [-0.15, -0.1) is 0 Å². The van der Waals surface area contributed by atoms with Crippen molar-refractivity contribution >= 4 is 29.0 Å². The molecule has 0 fully saturated rings. The number of aryl methyl sites for hydroxylation is 1. The van der Waals surface area contributed by atoms with E-state index in [1.807, 2.05) is 6.92 Å². The van der Waals surface area contributed by atoms with E-state index >= 15 is 0 Å². The fraction of sp³-hybridized carbons (Fsp3) is 0.333. The molecule has 0 saturated heterocycles. The minimum Gasteiger partial charge on any atom is -0.493 e. The van der Waals surface area contributed by atoms with Gasteiger partial charge in [0.1, 0.15) is 5.69 Å². The van der Waals surface area contributed by atoms with Crippen molar-refractivity contribution in [2.45, 2.75) is 26.3 Å². The number of ketones is 1. The van der Waals surface area contributed by atoms with E-state index in [0.717, 1.165) is 12.0 Å². The molecular weight excluding hydrogens is 311 g/mol. The molecule has 2 aromatic rings. The van der Waals surface area contributed by atoms with E-state index in [0.29, 0.717) is 28.0 Å². The van der Waals surface area contributed by atoms with Crippen LogP contribution in [-0.2, 0) is 13.0 Å². The van der Waals surface area contributed by atoms with Crippen molar-refractivity contribution < 1.29 is 9.53 Å². The molecule has 0 amide bonds. The van der Waals surface area contributed by atoms with Gasteiger partial charge in [-0.3, -0.25) is 9.48 Å². The Kier molecular flexibility index (Phi) is 5.26. The highest BCUT2D eigenvalue weighted by molar-refractivity contribution is 6.35. The zero-order chi connectivity index (χ0) is 15.4. The maximum atomic E-state index is 12.6. The van der Waals surface area contributed by atoms with E-state index in [9.17, 15) is 4.79 Å². The number of halogens is 2. The lowest BCUT2D eigenvalue weighted by atomic mass is 10.1. The summed E-state index contributed by atoms with van der Waals surface area (Å²) in [5.74, 6) is 0.403. The molecule has 0 radical (unpaired) electrons. The molecule has 0 bridgehead atoms. The number of Topliss-reactive ketones (excluding diaryl/α,β-unsaturated/α-hetero) is 1. The number of benzene rings is 1. The smallest absolute Gasteiger partial charge is 0.189 e. The van der Waals surface area contributed by atoms with Gasteiger partial charge in [-0.1, -0.05) is 36.2 Å². The fourth-order valence-corrected chi connectivity index (χ4v) is 2.58. The van der Waals surface area contributed by atoms with E-state index in [-0.39, 0.29) is 12.2 Å². The Hall–Kier alpha value is -1.52. The second-order valence-electron chi connectivity index (χ2n) is 4.62. The van der Waals surface area contributed by atoms with Crippen molar-refractivity contribution in [3.05, 3.63) is 45.7 Å². The van der Waals surface area contributed by atoms with Crippen LogP contribution in [0.5, 0.6) is 5.75 Å². The first-order chi connectivity index (χ1) is 10.1. The third-order valence-corrected chi connectivity index (χ3v) is 3.68. The Bertz CT molecular complexity index is 653. The number of nitrogens with zero attached hydrogens (tertiary/aromatic N) is 2. The highest BCUT2D eigenvalue weighted by atomic mass is 35.5. The summed E-state index contributed by atoms with van der Waals surface area (Å²) in [5.41, 5.74) is 1.21. The van der Waals surface area contributed by atoms with Gasteiger partial charge in [-0.05, 0) is 24.1 Å². The number of hydrogen-bond donors (Lipinski definition) is 0. The van der Waals surface area contributed by atoms with E-state index in [1.54, 1.807) is 29.1 Å². The summed E-state index contributed by atoms with van der Waals surface area (Å²) in [6, 6.07) is 5.11. The minimum absolute atomic E-state index is 0.0815. The third kappa shape index (κ3) is 3.57. The first-order valence-electron chi connectivity index (χ1n) is 6.63. The topological polar surface area (TPSA) is 44.1 Å². The van der Waals surface area contributed by atoms with Gasteiger partial charge in [-0.25, -0.2) is 0 Å². The largest absolute Gasteiger partial charge is 0.493 e. The lowest BCUT2D eigenvalue weighted by Crippen LogP contribution is -2.13. The number of carbonyl (C=O) groups is 1. The maximum absolute atomic E-state index is 12.6. The van der Waals surface area contributed by atoms with E-state index in [4.69, 9.17) is 27.9 Å². The van der Waals surface area contributed by atoms with Crippen LogP contribution >= 0.6 is 23.2 Å². The Balaban J connectivity index is 2.29. The quantitative estimate of drug-likeness (QED) is 0.752. The Morgan fingerprint density at radius 2 is 2.14 bits per heavy atom. The molecule has 6 heteroatoms. The van der Waals surface area contributed by atoms with Crippen LogP contribution in [0.25, 0.3) is 0 Å². The maximum Gasteiger partial charge on any atom is 0.189 e. The van der Waals surface area contributed by atoms with Crippen LogP contribution in [0.4, 0.5) is 0 Å². The first-order valence-corrected chi connectivity index (χ1v) is 7.39. The van der Waals surface area contributed by atoms with Crippen LogP contribution < -0.4 is 4.74 Å². The molecule has 1 aromatic carbocycles. The number of carbonyl (C=O) groups excluding carboxylic acids is 1. The summed E-state index contributed by atoms with van der Waals surface area (Å²) < 4.78 is 6.89. The Morgan fingerprint density at radius 1 is 1.38 bits per heavy atom. The molecule has 0 unspecified atom stereocenters. The molecule has 0 spiro atoms. The zero-order valence-corrected chi connectivity index (χ0v) is 13.4. The average molecular weight is 327 g/mol. The molecule has 0 saturated carbocycles. The molecular formula is C15H16Cl2N2O2. The molecule has 112 valence electrons. The normalized spacial score (nSPS) is 10.7.